The predicted molar refractivity (Wildman–Crippen MR) is 39.0 cm³/mol. The summed E-state index contributed by atoms with van der Waals surface area (Å²) in [7, 11) is 0. The molecule has 0 aromatic heterocycles. The number of halogens is 2. The molecule has 2 nitrogen and oxygen atoms in total. The summed E-state index contributed by atoms with van der Waals surface area (Å²) in [4.78, 5) is 0. The van der Waals surface area contributed by atoms with Crippen molar-refractivity contribution < 1.29 is 8.78 Å². The molecule has 0 aliphatic carbocycles. The van der Waals surface area contributed by atoms with Crippen LogP contribution in [0.15, 0.2) is 12.1 Å². The van der Waals surface area contributed by atoms with Crippen molar-refractivity contribution in [2.24, 2.45) is 5.73 Å². The van der Waals surface area contributed by atoms with Gasteiger partial charge >= 0.3 is 0 Å². The molecule has 4 heteroatoms. The van der Waals surface area contributed by atoms with Crippen LogP contribution in [0.4, 0.5) is 8.78 Å². The lowest BCUT2D eigenvalue weighted by Gasteiger charge is -2.00. The number of benzene rings is 1. The SMILES string of the molecule is N#Cc1cc(F)c(F)c(CN)c1. The lowest BCUT2D eigenvalue weighted by molar-refractivity contribution is 0.499. The van der Waals surface area contributed by atoms with E-state index >= 15 is 0 Å². The van der Waals surface area contributed by atoms with E-state index in [1.54, 1.807) is 6.07 Å². The molecule has 1 rings (SSSR count). The zero-order valence-corrected chi connectivity index (χ0v) is 6.14. The van der Waals surface area contributed by atoms with Crippen molar-refractivity contribution >= 4 is 0 Å². The van der Waals surface area contributed by atoms with Crippen molar-refractivity contribution in [2.75, 3.05) is 0 Å². The third-order valence-corrected chi connectivity index (χ3v) is 1.45. The molecule has 0 heterocycles. The maximum absolute atomic E-state index is 12.8. The van der Waals surface area contributed by atoms with Gasteiger partial charge in [-0.3, -0.25) is 0 Å². The number of hydrogen-bond donors (Lipinski definition) is 1. The molecule has 0 aliphatic heterocycles. The summed E-state index contributed by atoms with van der Waals surface area (Å²) in [5.41, 5.74) is 5.23. The zero-order valence-electron chi connectivity index (χ0n) is 6.14. The van der Waals surface area contributed by atoms with Crippen molar-refractivity contribution in [1.29, 1.82) is 5.26 Å². The van der Waals surface area contributed by atoms with E-state index < -0.39 is 11.6 Å². The van der Waals surface area contributed by atoms with Gasteiger partial charge < -0.3 is 5.73 Å². The molecule has 0 aliphatic rings. The van der Waals surface area contributed by atoms with Crippen molar-refractivity contribution in [3.63, 3.8) is 0 Å². The number of nitrogens with zero attached hydrogens (tertiary/aromatic N) is 1. The minimum Gasteiger partial charge on any atom is -0.326 e. The highest BCUT2D eigenvalue weighted by Crippen LogP contribution is 2.13. The van der Waals surface area contributed by atoms with Crippen LogP contribution >= 0.6 is 0 Å². The van der Waals surface area contributed by atoms with Crippen LogP contribution in [0.5, 0.6) is 0 Å². The largest absolute Gasteiger partial charge is 0.326 e. The van der Waals surface area contributed by atoms with E-state index in [0.29, 0.717) is 0 Å². The van der Waals surface area contributed by atoms with Gasteiger partial charge in [-0.2, -0.15) is 5.26 Å². The molecule has 0 spiro atoms. The molecule has 2 N–H and O–H groups in total. The van der Waals surface area contributed by atoms with Crippen LogP contribution in [-0.2, 0) is 6.54 Å². The van der Waals surface area contributed by atoms with E-state index in [2.05, 4.69) is 0 Å². The van der Waals surface area contributed by atoms with Gasteiger partial charge in [0.25, 0.3) is 0 Å². The van der Waals surface area contributed by atoms with Crippen LogP contribution in [0.1, 0.15) is 11.1 Å². The lowest BCUT2D eigenvalue weighted by atomic mass is 10.1. The quantitative estimate of drug-likeness (QED) is 0.686. The van der Waals surface area contributed by atoms with Gasteiger partial charge in [0.05, 0.1) is 11.6 Å². The first-order valence-corrected chi connectivity index (χ1v) is 3.27. The fourth-order valence-corrected chi connectivity index (χ4v) is 0.859. The van der Waals surface area contributed by atoms with E-state index in [1.165, 1.54) is 6.07 Å². The van der Waals surface area contributed by atoms with Crippen LogP contribution in [0.25, 0.3) is 0 Å². The van der Waals surface area contributed by atoms with Crippen molar-refractivity contribution in [2.45, 2.75) is 6.54 Å². The normalized spacial score (nSPS) is 9.50. The van der Waals surface area contributed by atoms with E-state index in [-0.39, 0.29) is 17.7 Å². The maximum Gasteiger partial charge on any atom is 0.163 e. The summed E-state index contributed by atoms with van der Waals surface area (Å²) >= 11 is 0. The second-order valence-corrected chi connectivity index (χ2v) is 2.25. The highest BCUT2D eigenvalue weighted by Gasteiger charge is 2.08. The van der Waals surface area contributed by atoms with Gasteiger partial charge in [-0.1, -0.05) is 0 Å². The molecule has 0 radical (unpaired) electrons. The summed E-state index contributed by atoms with van der Waals surface area (Å²) in [5.74, 6) is -2.01. The Morgan fingerprint density at radius 3 is 2.58 bits per heavy atom. The second kappa shape index (κ2) is 3.28. The Morgan fingerprint density at radius 1 is 1.42 bits per heavy atom. The van der Waals surface area contributed by atoms with Crippen molar-refractivity contribution in [3.8, 4) is 6.07 Å². The summed E-state index contributed by atoms with van der Waals surface area (Å²) in [5, 5.41) is 8.39. The van der Waals surface area contributed by atoms with Crippen LogP contribution in [0.3, 0.4) is 0 Å². The highest BCUT2D eigenvalue weighted by atomic mass is 19.2. The minimum atomic E-state index is -1.03. The fraction of sp³-hybridized carbons (Fsp3) is 0.125. The Balaban J connectivity index is 3.31. The van der Waals surface area contributed by atoms with Crippen LogP contribution in [0.2, 0.25) is 0 Å². The standard InChI is InChI=1S/C8H6F2N2/c9-7-2-5(3-11)1-6(4-12)8(7)10/h1-2H,4,12H2. The average molecular weight is 168 g/mol. The van der Waals surface area contributed by atoms with E-state index in [0.717, 1.165) is 6.07 Å². The van der Waals surface area contributed by atoms with Gasteiger partial charge in [-0.25, -0.2) is 8.78 Å². The monoisotopic (exact) mass is 168 g/mol. The molecule has 1 aromatic rings. The molecule has 0 unspecified atom stereocenters. The van der Waals surface area contributed by atoms with Crippen LogP contribution in [-0.4, -0.2) is 0 Å². The Morgan fingerprint density at radius 2 is 2.08 bits per heavy atom. The molecule has 0 bridgehead atoms. The first kappa shape index (κ1) is 8.62. The minimum absolute atomic E-state index is 0.0200. The summed E-state index contributed by atoms with van der Waals surface area (Å²) in [6.45, 7) is -0.113. The summed E-state index contributed by atoms with van der Waals surface area (Å²) in [6, 6.07) is 3.78. The Labute approximate surface area is 68.2 Å². The fourth-order valence-electron chi connectivity index (χ4n) is 0.859. The molecule has 0 saturated carbocycles. The topological polar surface area (TPSA) is 49.8 Å². The molecule has 1 aromatic carbocycles. The molecule has 12 heavy (non-hydrogen) atoms. The van der Waals surface area contributed by atoms with Crippen LogP contribution in [0, 0.1) is 23.0 Å². The van der Waals surface area contributed by atoms with Crippen molar-refractivity contribution in [1.82, 2.24) is 0 Å². The molecular formula is C8H6F2N2. The van der Waals surface area contributed by atoms with Gasteiger partial charge in [0.2, 0.25) is 0 Å². The lowest BCUT2D eigenvalue weighted by Crippen LogP contribution is -2.02. The number of rotatable bonds is 1. The van der Waals surface area contributed by atoms with E-state index in [4.69, 9.17) is 11.0 Å². The number of nitriles is 1. The molecule has 0 amide bonds. The van der Waals surface area contributed by atoms with E-state index in [9.17, 15) is 8.78 Å². The molecule has 62 valence electrons. The molecule has 0 saturated heterocycles. The summed E-state index contributed by atoms with van der Waals surface area (Å²) < 4.78 is 25.4. The number of nitrogens with two attached hydrogens (primary N) is 1. The third-order valence-electron chi connectivity index (χ3n) is 1.45. The summed E-state index contributed by atoms with van der Waals surface area (Å²) in [6.07, 6.45) is 0. The first-order chi connectivity index (χ1) is 5.69. The van der Waals surface area contributed by atoms with Crippen molar-refractivity contribution in [3.05, 3.63) is 34.9 Å². The first-order valence-electron chi connectivity index (χ1n) is 3.27. The molecule has 0 fully saturated rings. The van der Waals surface area contributed by atoms with Gasteiger partial charge in [0, 0.05) is 12.1 Å². The maximum atomic E-state index is 12.8. The third kappa shape index (κ3) is 1.41. The number of hydrogen-bond acceptors (Lipinski definition) is 2. The second-order valence-electron chi connectivity index (χ2n) is 2.25. The van der Waals surface area contributed by atoms with Gasteiger partial charge in [0.1, 0.15) is 0 Å². The molecule has 0 atom stereocenters. The Bertz CT molecular complexity index is 342. The van der Waals surface area contributed by atoms with Crippen LogP contribution < -0.4 is 5.73 Å². The average Bonchev–Trinajstić information content (AvgIpc) is 2.09. The van der Waals surface area contributed by atoms with Gasteiger partial charge in [0.15, 0.2) is 11.6 Å². The smallest absolute Gasteiger partial charge is 0.163 e. The molecular weight excluding hydrogens is 162 g/mol. The Kier molecular flexibility index (Phi) is 2.36. The highest BCUT2D eigenvalue weighted by molar-refractivity contribution is 5.34. The Hall–Kier alpha value is -1.47. The van der Waals surface area contributed by atoms with Gasteiger partial charge in [-0.05, 0) is 12.1 Å². The predicted octanol–water partition coefficient (Wildman–Crippen LogP) is 1.30. The van der Waals surface area contributed by atoms with Gasteiger partial charge in [-0.15, -0.1) is 0 Å². The van der Waals surface area contributed by atoms with E-state index in [1.807, 2.05) is 0 Å². The zero-order chi connectivity index (χ0) is 9.14.